The van der Waals surface area contributed by atoms with Crippen molar-refractivity contribution in [2.75, 3.05) is 10.6 Å². The van der Waals surface area contributed by atoms with Gasteiger partial charge in [0.2, 0.25) is 5.91 Å². The van der Waals surface area contributed by atoms with Crippen molar-refractivity contribution in [1.29, 1.82) is 0 Å². The van der Waals surface area contributed by atoms with Gasteiger partial charge in [0, 0.05) is 24.6 Å². The fourth-order valence-electron chi connectivity index (χ4n) is 2.11. The zero-order chi connectivity index (χ0) is 20.1. The number of anilines is 2. The molecule has 0 saturated carbocycles. The number of hydrogen-bond donors (Lipinski definition) is 4. The van der Waals surface area contributed by atoms with E-state index in [1.165, 1.54) is 6.07 Å². The van der Waals surface area contributed by atoms with Crippen LogP contribution in [0.4, 0.5) is 29.3 Å². The molecule has 0 fully saturated rings. The van der Waals surface area contributed by atoms with Gasteiger partial charge >= 0.3 is 18.2 Å². The van der Waals surface area contributed by atoms with Crippen LogP contribution < -0.4 is 16.0 Å². The molecule has 0 bridgehead atoms. The Kier molecular flexibility index (Phi) is 6.60. The van der Waals surface area contributed by atoms with Crippen LogP contribution >= 0.6 is 0 Å². The maximum absolute atomic E-state index is 13.2. The number of benzene rings is 1. The molecule has 0 saturated heterocycles. The second kappa shape index (κ2) is 8.07. The summed E-state index contributed by atoms with van der Waals surface area (Å²) in [5.41, 5.74) is -2.60. The molecule has 0 aliphatic heterocycles. The third-order valence-electron chi connectivity index (χ3n) is 3.31. The SMILES string of the molecule is CC(=O)Nc1ccc(NC(=O)NC(C)(C)CCC(=O)O)c(C(F)(F)F)c1. The van der Waals surface area contributed by atoms with E-state index >= 15 is 0 Å². The van der Waals surface area contributed by atoms with Gasteiger partial charge < -0.3 is 21.1 Å². The van der Waals surface area contributed by atoms with E-state index < -0.39 is 40.9 Å². The standard InChI is InChI=1S/C16H20F3N3O4/c1-9(23)20-10-4-5-12(11(8-10)16(17,18)19)21-14(26)22-15(2,3)7-6-13(24)25/h4-5,8H,6-7H2,1-3H3,(H,20,23)(H,24,25)(H2,21,22,26). The normalized spacial score (nSPS) is 11.6. The first kappa shape index (κ1) is 21.3. The fraction of sp³-hybridized carbons (Fsp3) is 0.438. The van der Waals surface area contributed by atoms with Crippen LogP contribution in [0.2, 0.25) is 0 Å². The molecule has 0 aliphatic rings. The van der Waals surface area contributed by atoms with Gasteiger partial charge in [-0.05, 0) is 38.5 Å². The van der Waals surface area contributed by atoms with Crippen LogP contribution in [-0.4, -0.2) is 28.6 Å². The summed E-state index contributed by atoms with van der Waals surface area (Å²) in [5, 5.41) is 15.5. The Morgan fingerprint density at radius 1 is 1.12 bits per heavy atom. The molecule has 7 nitrogen and oxygen atoms in total. The Labute approximate surface area is 148 Å². The summed E-state index contributed by atoms with van der Waals surface area (Å²) < 4.78 is 39.6. The number of carbonyl (C=O) groups is 3. The molecule has 0 radical (unpaired) electrons. The molecule has 26 heavy (non-hydrogen) atoms. The molecule has 4 N–H and O–H groups in total. The number of alkyl halides is 3. The van der Waals surface area contributed by atoms with Crippen LogP contribution in [0.15, 0.2) is 18.2 Å². The van der Waals surface area contributed by atoms with Crippen molar-refractivity contribution in [3.63, 3.8) is 0 Å². The smallest absolute Gasteiger partial charge is 0.418 e. The maximum atomic E-state index is 13.2. The monoisotopic (exact) mass is 375 g/mol. The highest BCUT2D eigenvalue weighted by atomic mass is 19.4. The topological polar surface area (TPSA) is 108 Å². The van der Waals surface area contributed by atoms with Crippen molar-refractivity contribution in [3.05, 3.63) is 23.8 Å². The van der Waals surface area contributed by atoms with E-state index in [2.05, 4.69) is 16.0 Å². The summed E-state index contributed by atoms with van der Waals surface area (Å²) >= 11 is 0. The van der Waals surface area contributed by atoms with Gasteiger partial charge in [-0.2, -0.15) is 13.2 Å². The molecule has 0 aliphatic carbocycles. The number of carboxylic acids is 1. The summed E-state index contributed by atoms with van der Waals surface area (Å²) in [7, 11) is 0. The number of carbonyl (C=O) groups excluding carboxylic acids is 2. The van der Waals surface area contributed by atoms with E-state index in [0.717, 1.165) is 13.0 Å². The van der Waals surface area contributed by atoms with Gasteiger partial charge in [-0.1, -0.05) is 0 Å². The minimum Gasteiger partial charge on any atom is -0.481 e. The van der Waals surface area contributed by atoms with Gasteiger partial charge in [0.15, 0.2) is 0 Å². The Hall–Kier alpha value is -2.78. The summed E-state index contributed by atoms with van der Waals surface area (Å²) in [6.07, 6.45) is -4.86. The molecule has 10 heteroatoms. The number of rotatable bonds is 6. The molecule has 1 aromatic rings. The first-order valence-electron chi connectivity index (χ1n) is 7.60. The second-order valence-electron chi connectivity index (χ2n) is 6.30. The predicted octanol–water partition coefficient (Wildman–Crippen LogP) is 3.43. The molecular weight excluding hydrogens is 355 g/mol. The highest BCUT2D eigenvalue weighted by molar-refractivity contribution is 5.92. The number of carboxylic acid groups (broad SMARTS) is 1. The van der Waals surface area contributed by atoms with Crippen molar-refractivity contribution in [2.45, 2.75) is 45.3 Å². The van der Waals surface area contributed by atoms with E-state index in [4.69, 9.17) is 5.11 Å². The van der Waals surface area contributed by atoms with Crippen molar-refractivity contribution in [2.24, 2.45) is 0 Å². The van der Waals surface area contributed by atoms with E-state index in [-0.39, 0.29) is 18.5 Å². The van der Waals surface area contributed by atoms with E-state index in [1.54, 1.807) is 13.8 Å². The molecule has 0 spiro atoms. The van der Waals surface area contributed by atoms with E-state index in [1.807, 2.05) is 0 Å². The lowest BCUT2D eigenvalue weighted by Gasteiger charge is -2.26. The lowest BCUT2D eigenvalue weighted by molar-refractivity contribution is -0.138. The van der Waals surface area contributed by atoms with Crippen LogP contribution in [0.25, 0.3) is 0 Å². The van der Waals surface area contributed by atoms with Crippen LogP contribution in [0.1, 0.15) is 39.2 Å². The number of aliphatic carboxylic acids is 1. The average Bonchev–Trinajstić information content (AvgIpc) is 2.44. The summed E-state index contributed by atoms with van der Waals surface area (Å²) in [6, 6.07) is 2.06. The summed E-state index contributed by atoms with van der Waals surface area (Å²) in [6.45, 7) is 4.27. The summed E-state index contributed by atoms with van der Waals surface area (Å²) in [5.74, 6) is -1.58. The van der Waals surface area contributed by atoms with Gasteiger partial charge in [0.25, 0.3) is 0 Å². The van der Waals surface area contributed by atoms with E-state index in [9.17, 15) is 27.6 Å². The molecule has 3 amide bonds. The third-order valence-corrected chi connectivity index (χ3v) is 3.31. The van der Waals surface area contributed by atoms with E-state index in [0.29, 0.717) is 6.07 Å². The zero-order valence-electron chi connectivity index (χ0n) is 14.5. The van der Waals surface area contributed by atoms with Gasteiger partial charge in [-0.3, -0.25) is 9.59 Å². The van der Waals surface area contributed by atoms with Crippen LogP contribution in [-0.2, 0) is 15.8 Å². The fourth-order valence-corrected chi connectivity index (χ4v) is 2.11. The van der Waals surface area contributed by atoms with Crippen molar-refractivity contribution < 1.29 is 32.7 Å². The van der Waals surface area contributed by atoms with Crippen molar-refractivity contribution in [1.82, 2.24) is 5.32 Å². The number of halogens is 3. The Morgan fingerprint density at radius 3 is 2.23 bits per heavy atom. The highest BCUT2D eigenvalue weighted by Crippen LogP contribution is 2.36. The zero-order valence-corrected chi connectivity index (χ0v) is 14.5. The lowest BCUT2D eigenvalue weighted by Crippen LogP contribution is -2.46. The number of amides is 3. The number of urea groups is 1. The molecule has 0 atom stereocenters. The number of hydrogen-bond acceptors (Lipinski definition) is 3. The van der Waals surface area contributed by atoms with Crippen LogP contribution in [0, 0.1) is 0 Å². The van der Waals surface area contributed by atoms with Crippen molar-refractivity contribution >= 4 is 29.3 Å². The number of nitrogens with one attached hydrogen (secondary N) is 3. The molecule has 1 aromatic carbocycles. The molecule has 1 rings (SSSR count). The summed E-state index contributed by atoms with van der Waals surface area (Å²) in [4.78, 5) is 33.6. The molecule has 0 aromatic heterocycles. The first-order valence-corrected chi connectivity index (χ1v) is 7.60. The molecule has 0 unspecified atom stereocenters. The second-order valence-corrected chi connectivity index (χ2v) is 6.30. The third kappa shape index (κ3) is 6.99. The van der Waals surface area contributed by atoms with Gasteiger partial charge in [-0.25, -0.2) is 4.79 Å². The predicted molar refractivity (Wildman–Crippen MR) is 88.9 cm³/mol. The molecular formula is C16H20F3N3O4. The van der Waals surface area contributed by atoms with Gasteiger partial charge in [0.05, 0.1) is 11.3 Å². The Bertz CT molecular complexity index is 702. The molecule has 0 heterocycles. The highest BCUT2D eigenvalue weighted by Gasteiger charge is 2.34. The lowest BCUT2D eigenvalue weighted by atomic mass is 9.99. The average molecular weight is 375 g/mol. The minimum absolute atomic E-state index is 0.0578. The van der Waals surface area contributed by atoms with Crippen LogP contribution in [0.3, 0.4) is 0 Å². The minimum atomic E-state index is -4.75. The van der Waals surface area contributed by atoms with Crippen molar-refractivity contribution in [3.8, 4) is 0 Å². The largest absolute Gasteiger partial charge is 0.481 e. The Morgan fingerprint density at radius 2 is 1.73 bits per heavy atom. The first-order chi connectivity index (χ1) is 11.8. The molecule has 144 valence electrons. The van der Waals surface area contributed by atoms with Gasteiger partial charge in [0.1, 0.15) is 0 Å². The maximum Gasteiger partial charge on any atom is 0.418 e. The van der Waals surface area contributed by atoms with Crippen LogP contribution in [0.5, 0.6) is 0 Å². The van der Waals surface area contributed by atoms with Gasteiger partial charge in [-0.15, -0.1) is 0 Å². The Balaban J connectivity index is 2.95. The quantitative estimate of drug-likeness (QED) is 0.611.